The highest BCUT2D eigenvalue weighted by atomic mass is 32.2. The number of hydrogen-bond acceptors (Lipinski definition) is 8. The summed E-state index contributed by atoms with van der Waals surface area (Å²) in [7, 11) is 3.11. The summed E-state index contributed by atoms with van der Waals surface area (Å²) in [5.41, 5.74) is 1.72. The highest BCUT2D eigenvalue weighted by molar-refractivity contribution is 7.98. The van der Waals surface area contributed by atoms with Crippen LogP contribution < -0.4 is 15.6 Å². The zero-order chi connectivity index (χ0) is 26.4. The van der Waals surface area contributed by atoms with Crippen molar-refractivity contribution in [1.29, 1.82) is 0 Å². The first-order valence-corrected chi connectivity index (χ1v) is 12.2. The van der Waals surface area contributed by atoms with Gasteiger partial charge in [-0.05, 0) is 48.0 Å². The first-order chi connectivity index (χ1) is 17.9. The number of methoxy groups -OCH3 is 2. The predicted molar refractivity (Wildman–Crippen MR) is 141 cm³/mol. The van der Waals surface area contributed by atoms with Gasteiger partial charge in [-0.2, -0.15) is 0 Å². The van der Waals surface area contributed by atoms with Crippen molar-refractivity contribution in [2.45, 2.75) is 10.9 Å². The van der Waals surface area contributed by atoms with Crippen LogP contribution in [0.5, 0.6) is 5.75 Å². The van der Waals surface area contributed by atoms with Crippen LogP contribution in [0.4, 0.5) is 5.69 Å². The van der Waals surface area contributed by atoms with Gasteiger partial charge in [-0.15, -0.1) is 0 Å². The van der Waals surface area contributed by atoms with E-state index in [4.69, 9.17) is 14.5 Å². The Morgan fingerprint density at radius 2 is 1.89 bits per heavy atom. The van der Waals surface area contributed by atoms with Gasteiger partial charge in [-0.25, -0.2) is 4.98 Å². The Morgan fingerprint density at radius 3 is 2.59 bits per heavy atom. The van der Waals surface area contributed by atoms with Crippen LogP contribution in [-0.4, -0.2) is 47.8 Å². The van der Waals surface area contributed by atoms with Gasteiger partial charge in [0.2, 0.25) is 0 Å². The van der Waals surface area contributed by atoms with Gasteiger partial charge in [0, 0.05) is 37.1 Å². The smallest absolute Gasteiger partial charge is 0.269 e. The summed E-state index contributed by atoms with van der Waals surface area (Å²) in [4.78, 5) is 41.6. The summed E-state index contributed by atoms with van der Waals surface area (Å²) in [6.45, 7) is 0.729. The van der Waals surface area contributed by atoms with Crippen LogP contribution in [0.15, 0.2) is 76.7 Å². The molecule has 37 heavy (non-hydrogen) atoms. The number of amides is 1. The maximum Gasteiger partial charge on any atom is 0.269 e. The molecule has 4 rings (SSSR count). The molecule has 1 amide bonds. The minimum atomic E-state index is -0.449. The Labute approximate surface area is 216 Å². The zero-order valence-corrected chi connectivity index (χ0v) is 21.0. The Balaban J connectivity index is 1.77. The van der Waals surface area contributed by atoms with E-state index in [0.717, 1.165) is 0 Å². The van der Waals surface area contributed by atoms with Crippen LogP contribution in [0.25, 0.3) is 16.6 Å². The number of ether oxygens (including phenoxy) is 2. The molecule has 0 saturated heterocycles. The molecule has 0 atom stereocenters. The molecule has 1 heterocycles. The van der Waals surface area contributed by atoms with Gasteiger partial charge in [-0.1, -0.05) is 23.9 Å². The molecule has 0 spiro atoms. The monoisotopic (exact) mass is 520 g/mol. The van der Waals surface area contributed by atoms with Crippen LogP contribution in [0.2, 0.25) is 0 Å². The van der Waals surface area contributed by atoms with E-state index < -0.39 is 4.92 Å². The van der Waals surface area contributed by atoms with Crippen LogP contribution in [0.1, 0.15) is 15.9 Å². The van der Waals surface area contributed by atoms with Crippen LogP contribution in [0.3, 0.4) is 0 Å². The summed E-state index contributed by atoms with van der Waals surface area (Å²) < 4.78 is 11.7. The standard InChI is InChI=1S/C26H24N4O6S/c1-35-13-12-27-24(31)18-6-11-22-23(15-18)28-26(37-16-17-4-3-5-20(14-17)30(33)34)29(25(22)32)19-7-9-21(36-2)10-8-19/h3-11,14-15H,12-13,16H2,1-2H3,(H,27,31). The average Bonchev–Trinajstić information content (AvgIpc) is 2.92. The summed E-state index contributed by atoms with van der Waals surface area (Å²) in [5.74, 6) is 0.679. The minimum Gasteiger partial charge on any atom is -0.497 e. The van der Waals surface area contributed by atoms with Gasteiger partial charge >= 0.3 is 0 Å². The number of fused-ring (bicyclic) bond motifs is 1. The van der Waals surface area contributed by atoms with E-state index in [1.165, 1.54) is 28.5 Å². The zero-order valence-electron chi connectivity index (χ0n) is 20.2. The first kappa shape index (κ1) is 25.9. The number of carbonyl (C=O) groups excluding carboxylic acids is 1. The number of nitro groups is 1. The van der Waals surface area contributed by atoms with Crippen molar-refractivity contribution >= 4 is 34.3 Å². The summed E-state index contributed by atoms with van der Waals surface area (Å²) >= 11 is 1.27. The molecule has 11 heteroatoms. The normalized spacial score (nSPS) is 10.9. The molecule has 1 N–H and O–H groups in total. The summed E-state index contributed by atoms with van der Waals surface area (Å²) in [6, 6.07) is 18.1. The molecule has 0 aliphatic carbocycles. The van der Waals surface area contributed by atoms with E-state index >= 15 is 0 Å². The number of hydrogen-bond donors (Lipinski definition) is 1. The highest BCUT2D eigenvalue weighted by Crippen LogP contribution is 2.27. The number of rotatable bonds is 10. The number of thioether (sulfide) groups is 1. The average molecular weight is 521 g/mol. The molecule has 10 nitrogen and oxygen atoms in total. The number of benzene rings is 3. The van der Waals surface area contributed by atoms with E-state index in [0.29, 0.717) is 57.5 Å². The second-order valence-electron chi connectivity index (χ2n) is 7.93. The molecule has 0 saturated carbocycles. The fourth-order valence-corrected chi connectivity index (χ4v) is 4.59. The third-order valence-electron chi connectivity index (χ3n) is 5.51. The Kier molecular flexibility index (Phi) is 8.16. The minimum absolute atomic E-state index is 0.0127. The predicted octanol–water partition coefficient (Wildman–Crippen LogP) is 3.97. The molecule has 0 aliphatic heterocycles. The molecule has 0 unspecified atom stereocenters. The Bertz CT molecular complexity index is 1500. The van der Waals surface area contributed by atoms with Crippen molar-refractivity contribution in [1.82, 2.24) is 14.9 Å². The molecular formula is C26H24N4O6S. The number of nitro benzene ring substituents is 1. The van der Waals surface area contributed by atoms with Crippen molar-refractivity contribution in [3.63, 3.8) is 0 Å². The van der Waals surface area contributed by atoms with Gasteiger partial charge in [0.05, 0.1) is 35.2 Å². The quantitative estimate of drug-likeness (QED) is 0.109. The molecule has 0 bridgehead atoms. The second-order valence-corrected chi connectivity index (χ2v) is 8.87. The lowest BCUT2D eigenvalue weighted by Gasteiger charge is -2.14. The molecule has 4 aromatic rings. The maximum atomic E-state index is 13.6. The van der Waals surface area contributed by atoms with Crippen molar-refractivity contribution in [3.8, 4) is 11.4 Å². The topological polar surface area (TPSA) is 126 Å². The third-order valence-corrected chi connectivity index (χ3v) is 6.52. The molecular weight excluding hydrogens is 496 g/mol. The van der Waals surface area contributed by atoms with Crippen molar-refractivity contribution in [3.05, 3.63) is 98.3 Å². The van der Waals surface area contributed by atoms with Crippen LogP contribution in [0, 0.1) is 10.1 Å². The van der Waals surface area contributed by atoms with Gasteiger partial charge in [0.1, 0.15) is 5.75 Å². The van der Waals surface area contributed by atoms with E-state index in [9.17, 15) is 19.7 Å². The lowest BCUT2D eigenvalue weighted by molar-refractivity contribution is -0.384. The Hall–Kier alpha value is -4.22. The van der Waals surface area contributed by atoms with Gasteiger partial charge in [0.25, 0.3) is 17.2 Å². The summed E-state index contributed by atoms with van der Waals surface area (Å²) in [5, 5.41) is 14.7. The molecule has 190 valence electrons. The number of aromatic nitrogens is 2. The number of nitrogens with zero attached hydrogens (tertiary/aromatic N) is 3. The Morgan fingerprint density at radius 1 is 1.11 bits per heavy atom. The molecule has 0 aliphatic rings. The fraction of sp³-hybridized carbons (Fsp3) is 0.192. The van der Waals surface area contributed by atoms with Crippen LogP contribution >= 0.6 is 11.8 Å². The van der Waals surface area contributed by atoms with Crippen LogP contribution in [-0.2, 0) is 10.5 Å². The number of carbonyl (C=O) groups is 1. The lowest BCUT2D eigenvalue weighted by atomic mass is 10.1. The van der Waals surface area contributed by atoms with Gasteiger partial charge in [0.15, 0.2) is 5.16 Å². The molecule has 0 radical (unpaired) electrons. The van der Waals surface area contributed by atoms with Gasteiger partial charge in [-0.3, -0.25) is 24.3 Å². The lowest BCUT2D eigenvalue weighted by Crippen LogP contribution is -2.27. The SMILES string of the molecule is COCCNC(=O)c1ccc2c(=O)n(-c3ccc(OC)cc3)c(SCc3cccc([N+](=O)[O-])c3)nc2c1. The molecule has 3 aromatic carbocycles. The van der Waals surface area contributed by atoms with Crippen molar-refractivity contribution in [2.75, 3.05) is 27.4 Å². The second kappa shape index (κ2) is 11.7. The van der Waals surface area contributed by atoms with E-state index in [1.807, 2.05) is 0 Å². The van der Waals surface area contributed by atoms with E-state index in [1.54, 1.807) is 68.8 Å². The largest absolute Gasteiger partial charge is 0.497 e. The number of nitrogens with one attached hydrogen (secondary N) is 1. The molecule has 0 fully saturated rings. The summed E-state index contributed by atoms with van der Waals surface area (Å²) in [6.07, 6.45) is 0. The molecule has 1 aromatic heterocycles. The fourth-order valence-electron chi connectivity index (χ4n) is 3.64. The highest BCUT2D eigenvalue weighted by Gasteiger charge is 2.16. The first-order valence-electron chi connectivity index (χ1n) is 11.3. The third kappa shape index (κ3) is 5.96. The van der Waals surface area contributed by atoms with E-state index in [-0.39, 0.29) is 17.2 Å². The number of non-ortho nitro benzene ring substituents is 1. The van der Waals surface area contributed by atoms with E-state index in [2.05, 4.69) is 5.32 Å². The maximum absolute atomic E-state index is 13.6. The van der Waals surface area contributed by atoms with Crippen molar-refractivity contribution < 1.29 is 19.2 Å². The van der Waals surface area contributed by atoms with Gasteiger partial charge < -0.3 is 14.8 Å². The van der Waals surface area contributed by atoms with Crippen molar-refractivity contribution in [2.24, 2.45) is 0 Å².